The summed E-state index contributed by atoms with van der Waals surface area (Å²) < 4.78 is 0. The monoisotopic (exact) mass is 1230 g/mol. The molecule has 0 saturated heterocycles. The number of hydrogen-bond donors (Lipinski definition) is 13. The summed E-state index contributed by atoms with van der Waals surface area (Å²) in [4.78, 5) is 168. The molecule has 26 nitrogen and oxygen atoms in total. The van der Waals surface area contributed by atoms with Crippen molar-refractivity contribution in [2.24, 2.45) is 45.9 Å². The number of benzene rings is 2. The molecule has 26 heteroatoms. The molecular weight excluding hydrogens is 1140 g/mol. The number of nitrogens with two attached hydrogens (primary N) is 3. The number of hydrogen-bond acceptors (Lipinski definition) is 15. The molecule has 4 rings (SSSR count). The zero-order chi connectivity index (χ0) is 65.0. The molecule has 1 aliphatic rings. The number of aliphatic hydroxyl groups is 1. The number of aromatic nitrogens is 1. The number of aliphatic carboxylic acids is 1. The molecule has 1 aliphatic carbocycles. The van der Waals surface area contributed by atoms with Crippen molar-refractivity contribution in [3.63, 3.8) is 0 Å². The lowest BCUT2D eigenvalue weighted by atomic mass is 9.83. The van der Waals surface area contributed by atoms with Crippen LogP contribution in [0.15, 0.2) is 59.7 Å². The summed E-state index contributed by atoms with van der Waals surface area (Å²) in [5.74, 6) is -13.4. The maximum Gasteiger partial charge on any atom is 0.303 e. The number of primary amides is 2. The van der Waals surface area contributed by atoms with Crippen LogP contribution in [-0.2, 0) is 70.4 Å². The fraction of sp³-hybridized carbons (Fsp3) is 0.565. The number of aromatic hydroxyl groups is 1. The lowest BCUT2D eigenvalue weighted by Gasteiger charge is -2.29. The van der Waals surface area contributed by atoms with Gasteiger partial charge in [-0.2, -0.15) is 0 Å². The number of Topliss-reactive ketones (excluding diaryl/α,β-unsaturated/α-hetero) is 4. The smallest absolute Gasteiger partial charge is 0.303 e. The predicted molar refractivity (Wildman–Crippen MR) is 325 cm³/mol. The minimum atomic E-state index is -1.73. The summed E-state index contributed by atoms with van der Waals surface area (Å²) in [7, 11) is 1.50. The number of ketones is 4. The van der Waals surface area contributed by atoms with Crippen LogP contribution in [0.5, 0.6) is 5.75 Å². The number of aromatic amines is 1. The van der Waals surface area contributed by atoms with Crippen molar-refractivity contribution in [1.82, 2.24) is 36.9 Å². The van der Waals surface area contributed by atoms with Gasteiger partial charge in [-0.05, 0) is 80.7 Å². The summed E-state index contributed by atoms with van der Waals surface area (Å²) in [6, 6.07) is 6.88. The van der Waals surface area contributed by atoms with Crippen molar-refractivity contribution in [1.29, 1.82) is 0 Å². The maximum atomic E-state index is 14.2. The second-order valence-electron chi connectivity index (χ2n) is 22.9. The number of amides is 7. The quantitative estimate of drug-likeness (QED) is 0.0220. The van der Waals surface area contributed by atoms with E-state index in [1.54, 1.807) is 13.1 Å². The molecule has 2 aromatic carbocycles. The second kappa shape index (κ2) is 36.6. The summed E-state index contributed by atoms with van der Waals surface area (Å²) >= 11 is 0. The average molecular weight is 1230 g/mol. The Kier molecular flexibility index (Phi) is 29.9. The van der Waals surface area contributed by atoms with E-state index < -0.39 is 169 Å². The number of para-hydroxylation sites is 1. The maximum absolute atomic E-state index is 14.2. The first-order chi connectivity index (χ1) is 41.8. The molecular formula is C62H89N11O15. The van der Waals surface area contributed by atoms with Crippen molar-refractivity contribution in [2.45, 2.75) is 186 Å². The number of carbonyl (C=O) groups excluding carboxylic acids is 11. The van der Waals surface area contributed by atoms with Gasteiger partial charge in [-0.25, -0.2) is 0 Å². The van der Waals surface area contributed by atoms with Gasteiger partial charge in [0.1, 0.15) is 11.8 Å². The Morgan fingerprint density at radius 1 is 0.659 bits per heavy atom. The number of phenols is 1. The van der Waals surface area contributed by atoms with Gasteiger partial charge < -0.3 is 69.4 Å². The first kappa shape index (κ1) is 71.9. The van der Waals surface area contributed by atoms with Gasteiger partial charge in [0.25, 0.3) is 0 Å². The van der Waals surface area contributed by atoms with E-state index in [1.165, 1.54) is 45.2 Å². The van der Waals surface area contributed by atoms with E-state index in [0.717, 1.165) is 48.6 Å². The van der Waals surface area contributed by atoms with Gasteiger partial charge in [0, 0.05) is 94.4 Å². The average Bonchev–Trinajstić information content (AvgIpc) is 4.04. The summed E-state index contributed by atoms with van der Waals surface area (Å²) in [5, 5.41) is 47.1. The van der Waals surface area contributed by atoms with Gasteiger partial charge in [0.05, 0.1) is 42.6 Å². The highest BCUT2D eigenvalue weighted by molar-refractivity contribution is 5.99. The number of aliphatic imine (C=N–C) groups is 1. The fourth-order valence-corrected chi connectivity index (χ4v) is 10.9. The van der Waals surface area contributed by atoms with Crippen LogP contribution in [0.25, 0.3) is 10.9 Å². The van der Waals surface area contributed by atoms with Gasteiger partial charge in [0.2, 0.25) is 41.4 Å². The molecule has 16 N–H and O–H groups in total. The number of phenolic OH excluding ortho intramolecular Hbond substituents is 1. The summed E-state index contributed by atoms with van der Waals surface area (Å²) in [5.41, 5.74) is 19.2. The Morgan fingerprint density at radius 2 is 1.27 bits per heavy atom. The molecule has 3 aromatic rings. The van der Waals surface area contributed by atoms with Crippen molar-refractivity contribution in [3.8, 4) is 5.75 Å². The summed E-state index contributed by atoms with van der Waals surface area (Å²) in [6.07, 6.45) is 1.32. The third-order valence-corrected chi connectivity index (χ3v) is 15.9. The number of guanidine groups is 1. The Balaban J connectivity index is 1.48. The molecule has 0 unspecified atom stereocenters. The highest BCUT2D eigenvalue weighted by Gasteiger charge is 2.37. The first-order valence-corrected chi connectivity index (χ1v) is 30.1. The number of carboxylic acids is 1. The van der Waals surface area contributed by atoms with Crippen LogP contribution < -0.4 is 49.1 Å². The predicted octanol–water partition coefficient (Wildman–Crippen LogP) is 1.87. The van der Waals surface area contributed by atoms with Gasteiger partial charge in [-0.1, -0.05) is 75.8 Å². The van der Waals surface area contributed by atoms with Crippen LogP contribution in [0.2, 0.25) is 0 Å². The number of rotatable bonds is 40. The molecule has 482 valence electrons. The fourth-order valence-electron chi connectivity index (χ4n) is 10.9. The van der Waals surface area contributed by atoms with E-state index in [0.29, 0.717) is 24.9 Å². The van der Waals surface area contributed by atoms with Gasteiger partial charge >= 0.3 is 5.97 Å². The third-order valence-electron chi connectivity index (χ3n) is 15.9. The van der Waals surface area contributed by atoms with E-state index in [4.69, 9.17) is 17.2 Å². The molecule has 7 amide bonds. The number of fused-ring (bicyclic) bond motifs is 1. The van der Waals surface area contributed by atoms with Crippen LogP contribution >= 0.6 is 0 Å². The SMILES string of the molecule is CCC[C@H](NC(=O)CCC(=O)[C@H](CC1CCCCC1)NC(=O)[C@@H](CC(=O)[C@H](CC(N)=O)NC(=O)[C@H](CCC(=O)O)CC(=O)[C@@H](Cc1ccc(O)cc1)NC(C)=O)[C@@H](C)O)C(=O)C[C@@H](CCCNC(N)=NC)C(=O)N[C@@H](Cc1c[nH]c2ccccc12)C(N)=O. The highest BCUT2D eigenvalue weighted by Crippen LogP contribution is 2.29. The topological polar surface area (TPSA) is 444 Å². The Hall–Kier alpha value is -8.55. The Labute approximate surface area is 511 Å². The van der Waals surface area contributed by atoms with Gasteiger partial charge in [-0.15, -0.1) is 0 Å². The van der Waals surface area contributed by atoms with Crippen LogP contribution in [0.4, 0.5) is 0 Å². The third kappa shape index (κ3) is 24.7. The molecule has 0 bridgehead atoms. The van der Waals surface area contributed by atoms with Crippen molar-refractivity contribution >= 4 is 87.3 Å². The highest BCUT2D eigenvalue weighted by atomic mass is 16.4. The molecule has 1 fully saturated rings. The molecule has 1 aromatic heterocycles. The molecule has 0 aliphatic heterocycles. The molecule has 0 spiro atoms. The number of H-pyrrole nitrogens is 1. The zero-order valence-corrected chi connectivity index (χ0v) is 50.7. The van der Waals surface area contributed by atoms with E-state index in [1.807, 2.05) is 24.3 Å². The Morgan fingerprint density at radius 3 is 1.88 bits per heavy atom. The minimum Gasteiger partial charge on any atom is -0.508 e. The number of carbonyl (C=O) groups is 12. The van der Waals surface area contributed by atoms with Crippen molar-refractivity contribution < 1.29 is 72.9 Å². The van der Waals surface area contributed by atoms with Crippen molar-refractivity contribution in [3.05, 3.63) is 65.9 Å². The number of aliphatic hydroxyl groups excluding tert-OH is 1. The van der Waals surface area contributed by atoms with E-state index in [2.05, 4.69) is 41.9 Å². The lowest BCUT2D eigenvalue weighted by Crippen LogP contribution is -2.50. The van der Waals surface area contributed by atoms with Gasteiger partial charge in [0.15, 0.2) is 29.1 Å². The zero-order valence-electron chi connectivity index (χ0n) is 50.7. The van der Waals surface area contributed by atoms with Crippen LogP contribution in [0, 0.1) is 23.7 Å². The molecule has 1 saturated carbocycles. The Bertz CT molecular complexity index is 2940. The van der Waals surface area contributed by atoms with Gasteiger partial charge in [-0.3, -0.25) is 62.5 Å². The standard InChI is InChI=1S/C62H89N11O15/c1-5-12-46(52(78)30-39(15-11-26-67-62(65)66-4)59(86)73-50(58(64)85)29-41-34-68-45-17-10-9-16-43(41)45)70-56(82)24-23-51(77)47(27-37-13-7-6-8-14-37)72-61(88)44(35(2)74)32-54(80)49(33-55(63)81)71-60(87)40(20-25-57(83)84)31-53(79)48(69-36(3)75)28-38-18-21-42(76)22-19-38/h9-10,16-19,21-22,34-35,37,39-40,44,46-50,68,74,76H,5-8,11-15,20,23-33H2,1-4H3,(H2,63,81)(H2,64,85)(H,69,75)(H,70,82)(H,71,87)(H,72,88)(H,73,86)(H,83,84)(H3,65,66,67)/t35-,39-,40-,44+,46+,47+,48-,49+,50+/m1/s1. The first-order valence-electron chi connectivity index (χ1n) is 30.1. The van der Waals surface area contributed by atoms with E-state index in [-0.39, 0.29) is 56.2 Å². The van der Waals surface area contributed by atoms with E-state index in [9.17, 15) is 72.9 Å². The number of nitrogens with zero attached hydrogens (tertiary/aromatic N) is 1. The molecule has 1 heterocycles. The van der Waals surface area contributed by atoms with E-state index >= 15 is 0 Å². The second-order valence-corrected chi connectivity index (χ2v) is 22.9. The summed E-state index contributed by atoms with van der Waals surface area (Å²) in [6.45, 7) is 4.50. The van der Waals surface area contributed by atoms with Crippen LogP contribution in [-0.4, -0.2) is 147 Å². The molecule has 0 radical (unpaired) electrons. The largest absolute Gasteiger partial charge is 0.508 e. The normalized spacial score (nSPS) is 15.8. The lowest BCUT2D eigenvalue weighted by molar-refractivity contribution is -0.139. The number of nitrogens with one attached hydrogen (secondary N) is 7. The number of carboxylic acid groups (broad SMARTS) is 1. The van der Waals surface area contributed by atoms with Crippen molar-refractivity contribution in [2.75, 3.05) is 13.6 Å². The molecule has 88 heavy (non-hydrogen) atoms. The van der Waals surface area contributed by atoms with Crippen LogP contribution in [0.3, 0.4) is 0 Å². The van der Waals surface area contributed by atoms with Crippen LogP contribution in [0.1, 0.15) is 147 Å². The minimum absolute atomic E-state index is 0.0164. The molecule has 9 atom stereocenters.